The molecule has 0 heterocycles. The van der Waals surface area contributed by atoms with E-state index in [0.717, 1.165) is 12.1 Å². The van der Waals surface area contributed by atoms with Crippen molar-refractivity contribution in [1.29, 1.82) is 0 Å². The Bertz CT molecular complexity index is 739. The van der Waals surface area contributed by atoms with E-state index >= 15 is 0 Å². The van der Waals surface area contributed by atoms with Crippen molar-refractivity contribution < 1.29 is 14.1 Å². The van der Waals surface area contributed by atoms with E-state index in [4.69, 9.17) is 11.6 Å². The number of carbonyl (C=O) groups excluding carboxylic acids is 1. The van der Waals surface area contributed by atoms with Crippen LogP contribution in [0, 0.1) is 15.9 Å². The average Bonchev–Trinajstić information content (AvgIpc) is 2.43. The Balaban J connectivity index is 2.25. The molecule has 0 aliphatic heterocycles. The average molecular weight is 374 g/mol. The molecule has 0 atom stereocenters. The van der Waals surface area contributed by atoms with Crippen molar-refractivity contribution in [1.82, 2.24) is 0 Å². The van der Waals surface area contributed by atoms with E-state index in [2.05, 4.69) is 21.2 Å². The van der Waals surface area contributed by atoms with Crippen molar-refractivity contribution in [2.75, 3.05) is 5.32 Å². The molecule has 1 N–H and O–H groups in total. The van der Waals surface area contributed by atoms with Gasteiger partial charge in [-0.3, -0.25) is 14.9 Å². The zero-order chi connectivity index (χ0) is 15.6. The van der Waals surface area contributed by atoms with Gasteiger partial charge in [0.05, 0.1) is 9.95 Å². The van der Waals surface area contributed by atoms with Crippen LogP contribution in [0.3, 0.4) is 0 Å². The molecule has 0 fully saturated rings. The normalized spacial score (nSPS) is 10.2. The van der Waals surface area contributed by atoms with Gasteiger partial charge >= 0.3 is 5.69 Å². The molecule has 0 saturated carbocycles. The minimum Gasteiger partial charge on any atom is -0.322 e. The first-order valence-electron chi connectivity index (χ1n) is 5.59. The second-order valence-electron chi connectivity index (χ2n) is 4.01. The van der Waals surface area contributed by atoms with Gasteiger partial charge in [0, 0.05) is 21.8 Å². The zero-order valence-corrected chi connectivity index (χ0v) is 12.6. The molecule has 2 aromatic rings. The fourth-order valence-corrected chi connectivity index (χ4v) is 2.07. The van der Waals surface area contributed by atoms with Gasteiger partial charge in [-0.15, -0.1) is 0 Å². The molecule has 108 valence electrons. The summed E-state index contributed by atoms with van der Waals surface area (Å²) in [7, 11) is 0. The summed E-state index contributed by atoms with van der Waals surface area (Å²) >= 11 is 9.01. The van der Waals surface area contributed by atoms with E-state index in [1.54, 1.807) is 0 Å². The summed E-state index contributed by atoms with van der Waals surface area (Å²) in [6.07, 6.45) is 0. The first kappa shape index (κ1) is 15.4. The highest BCUT2D eigenvalue weighted by atomic mass is 79.9. The minimum absolute atomic E-state index is 0.124. The molecule has 0 spiro atoms. The number of anilines is 1. The maximum Gasteiger partial charge on any atom is 0.306 e. The van der Waals surface area contributed by atoms with Gasteiger partial charge in [-0.1, -0.05) is 11.6 Å². The van der Waals surface area contributed by atoms with Crippen LogP contribution in [-0.2, 0) is 0 Å². The molecule has 0 aromatic heterocycles. The number of nitrogens with zero attached hydrogens (tertiary/aromatic N) is 1. The molecular weight excluding hydrogens is 367 g/mol. The van der Waals surface area contributed by atoms with Crippen LogP contribution in [0.5, 0.6) is 0 Å². The van der Waals surface area contributed by atoms with Gasteiger partial charge < -0.3 is 5.32 Å². The van der Waals surface area contributed by atoms with Crippen LogP contribution in [-0.4, -0.2) is 10.8 Å². The molecule has 0 aliphatic rings. The van der Waals surface area contributed by atoms with Gasteiger partial charge in [-0.05, 0) is 46.3 Å². The highest BCUT2D eigenvalue weighted by molar-refractivity contribution is 9.10. The first-order valence-corrected chi connectivity index (χ1v) is 6.76. The predicted octanol–water partition coefficient (Wildman–Crippen LogP) is 4.40. The molecular formula is C13H7BrClFN2O3. The molecule has 0 saturated heterocycles. The van der Waals surface area contributed by atoms with E-state index in [0.29, 0.717) is 15.1 Å². The second-order valence-corrected chi connectivity index (χ2v) is 5.27. The first-order chi connectivity index (χ1) is 9.88. The molecule has 1 amide bonds. The fraction of sp³-hybridized carbons (Fsp3) is 0. The molecule has 21 heavy (non-hydrogen) atoms. The number of benzene rings is 2. The van der Waals surface area contributed by atoms with Crippen LogP contribution in [0.15, 0.2) is 40.9 Å². The van der Waals surface area contributed by atoms with Crippen molar-refractivity contribution in [2.24, 2.45) is 0 Å². The number of amides is 1. The van der Waals surface area contributed by atoms with Crippen LogP contribution < -0.4 is 5.32 Å². The van der Waals surface area contributed by atoms with Gasteiger partial charge in [0.1, 0.15) is 0 Å². The molecule has 0 aliphatic carbocycles. The van der Waals surface area contributed by atoms with Gasteiger partial charge in [-0.2, -0.15) is 4.39 Å². The maximum atomic E-state index is 13.2. The third-order valence-electron chi connectivity index (χ3n) is 2.58. The monoisotopic (exact) mass is 372 g/mol. The van der Waals surface area contributed by atoms with Crippen molar-refractivity contribution in [2.45, 2.75) is 0 Å². The minimum atomic E-state index is -0.966. The summed E-state index contributed by atoms with van der Waals surface area (Å²) in [5, 5.41) is 13.5. The lowest BCUT2D eigenvalue weighted by Crippen LogP contribution is -2.12. The SMILES string of the molecule is O=C(Nc1ccc(F)c([N+](=O)[O-])c1)c1ccc(Cl)c(Br)c1. The Labute approximate surface area is 132 Å². The van der Waals surface area contributed by atoms with Crippen LogP contribution >= 0.6 is 27.5 Å². The van der Waals surface area contributed by atoms with E-state index in [-0.39, 0.29) is 5.69 Å². The van der Waals surface area contributed by atoms with Gasteiger partial charge in [0.25, 0.3) is 5.91 Å². The molecule has 0 bridgehead atoms. The van der Waals surface area contributed by atoms with Crippen molar-refractivity contribution in [3.05, 3.63) is 67.4 Å². The summed E-state index contributed by atoms with van der Waals surface area (Å²) in [6.45, 7) is 0. The number of rotatable bonds is 3. The summed E-state index contributed by atoms with van der Waals surface area (Å²) in [5.41, 5.74) is -0.275. The third-order valence-corrected chi connectivity index (χ3v) is 3.80. The standard InChI is InChI=1S/C13H7BrClFN2O3/c14-9-5-7(1-3-10(9)15)13(19)17-8-2-4-11(16)12(6-8)18(20)21/h1-6H,(H,17,19). The topological polar surface area (TPSA) is 72.2 Å². The highest BCUT2D eigenvalue weighted by Crippen LogP contribution is 2.25. The lowest BCUT2D eigenvalue weighted by Gasteiger charge is -2.06. The van der Waals surface area contributed by atoms with Crippen LogP contribution in [0.4, 0.5) is 15.8 Å². The van der Waals surface area contributed by atoms with Gasteiger partial charge in [-0.25, -0.2) is 0 Å². The van der Waals surface area contributed by atoms with Gasteiger partial charge in [0.2, 0.25) is 5.82 Å². The summed E-state index contributed by atoms with van der Waals surface area (Å²) in [5.74, 6) is -1.46. The molecule has 8 heteroatoms. The zero-order valence-electron chi connectivity index (χ0n) is 10.3. The Morgan fingerprint density at radius 3 is 2.62 bits per heavy atom. The van der Waals surface area contributed by atoms with Crippen molar-refractivity contribution in [3.63, 3.8) is 0 Å². The molecule has 0 radical (unpaired) electrons. The summed E-state index contributed by atoms with van der Waals surface area (Å²) in [4.78, 5) is 21.8. The molecule has 2 rings (SSSR count). The lowest BCUT2D eigenvalue weighted by atomic mass is 10.2. The van der Waals surface area contributed by atoms with E-state index in [9.17, 15) is 19.3 Å². The Morgan fingerprint density at radius 2 is 2.00 bits per heavy atom. The quantitative estimate of drug-likeness (QED) is 0.640. The second kappa shape index (κ2) is 6.19. The molecule has 0 unspecified atom stereocenters. The van der Waals surface area contributed by atoms with Crippen molar-refractivity contribution in [3.8, 4) is 0 Å². The van der Waals surface area contributed by atoms with Crippen LogP contribution in [0.25, 0.3) is 0 Å². The molecule has 2 aromatic carbocycles. The largest absolute Gasteiger partial charge is 0.322 e. The maximum absolute atomic E-state index is 13.2. The van der Waals surface area contributed by atoms with E-state index < -0.39 is 22.3 Å². The lowest BCUT2D eigenvalue weighted by molar-refractivity contribution is -0.387. The molecule has 5 nitrogen and oxygen atoms in total. The fourth-order valence-electron chi connectivity index (χ4n) is 1.57. The number of halogens is 3. The summed E-state index contributed by atoms with van der Waals surface area (Å²) in [6, 6.07) is 7.67. The van der Waals surface area contributed by atoms with E-state index in [1.165, 1.54) is 24.3 Å². The summed E-state index contributed by atoms with van der Waals surface area (Å²) < 4.78 is 13.7. The number of carbonyl (C=O) groups is 1. The van der Waals surface area contributed by atoms with Gasteiger partial charge in [0.15, 0.2) is 0 Å². The number of nitro groups is 1. The predicted molar refractivity (Wildman–Crippen MR) is 80.2 cm³/mol. The van der Waals surface area contributed by atoms with E-state index in [1.807, 2.05) is 0 Å². The van der Waals surface area contributed by atoms with Crippen LogP contribution in [0.2, 0.25) is 5.02 Å². The number of hydrogen-bond donors (Lipinski definition) is 1. The van der Waals surface area contributed by atoms with Crippen LogP contribution in [0.1, 0.15) is 10.4 Å². The Kier molecular flexibility index (Phi) is 4.54. The smallest absolute Gasteiger partial charge is 0.306 e. The number of nitro benzene ring substituents is 1. The Morgan fingerprint density at radius 1 is 1.29 bits per heavy atom. The highest BCUT2D eigenvalue weighted by Gasteiger charge is 2.16. The number of nitrogens with one attached hydrogen (secondary N) is 1. The number of hydrogen-bond acceptors (Lipinski definition) is 3. The third kappa shape index (κ3) is 3.56. The Hall–Kier alpha value is -1.99. The van der Waals surface area contributed by atoms with Crippen molar-refractivity contribution >= 4 is 44.8 Å².